The lowest BCUT2D eigenvalue weighted by molar-refractivity contribution is -0.145. The Morgan fingerprint density at radius 2 is 1.79 bits per heavy atom. The van der Waals surface area contributed by atoms with E-state index in [1.54, 1.807) is 0 Å². The Morgan fingerprint density at radius 1 is 1.21 bits per heavy atom. The SMILES string of the molecule is Cc1cc(C(=O)N2C[C@H]3CC(C(=O)O)C[C@H]3C2)nc(C(F)(F)F)n1. The molecule has 1 aromatic heterocycles. The number of hydrogen-bond donors (Lipinski definition) is 1. The number of rotatable bonds is 2. The number of carboxylic acid groups (broad SMARTS) is 1. The molecule has 0 bridgehead atoms. The van der Waals surface area contributed by atoms with Gasteiger partial charge in [0.05, 0.1) is 5.92 Å². The van der Waals surface area contributed by atoms with E-state index >= 15 is 0 Å². The van der Waals surface area contributed by atoms with Crippen molar-refractivity contribution in [3.05, 3.63) is 23.3 Å². The summed E-state index contributed by atoms with van der Waals surface area (Å²) in [6.45, 7) is 2.10. The highest BCUT2D eigenvalue weighted by atomic mass is 19.4. The predicted octanol–water partition coefficient (Wildman–Crippen LogP) is 1.99. The van der Waals surface area contributed by atoms with Gasteiger partial charge < -0.3 is 10.0 Å². The number of nitrogens with zero attached hydrogens (tertiary/aromatic N) is 3. The van der Waals surface area contributed by atoms with Crippen LogP contribution in [-0.2, 0) is 11.0 Å². The Kier molecular flexibility index (Phi) is 3.97. The van der Waals surface area contributed by atoms with Crippen molar-refractivity contribution in [2.45, 2.75) is 25.9 Å². The van der Waals surface area contributed by atoms with Crippen LogP contribution in [0.25, 0.3) is 0 Å². The van der Waals surface area contributed by atoms with Crippen molar-refractivity contribution in [3.8, 4) is 0 Å². The van der Waals surface area contributed by atoms with Gasteiger partial charge in [0, 0.05) is 18.8 Å². The van der Waals surface area contributed by atoms with Gasteiger partial charge in [0.25, 0.3) is 5.91 Å². The summed E-state index contributed by atoms with van der Waals surface area (Å²) < 4.78 is 38.4. The van der Waals surface area contributed by atoms with Crippen molar-refractivity contribution in [2.24, 2.45) is 17.8 Å². The largest absolute Gasteiger partial charge is 0.481 e. The number of aromatic nitrogens is 2. The molecule has 2 fully saturated rings. The molecule has 24 heavy (non-hydrogen) atoms. The standard InChI is InChI=1S/C15H16F3N3O3/c1-7-2-11(20-14(19-7)15(16,17)18)12(22)21-5-9-3-8(13(23)24)4-10(9)6-21/h2,8-10H,3-6H2,1H3,(H,23,24)/t8?,9-,10+. The minimum absolute atomic E-state index is 0.0750. The summed E-state index contributed by atoms with van der Waals surface area (Å²) in [5.41, 5.74) is -0.199. The third-order valence-corrected chi connectivity index (χ3v) is 4.71. The molecule has 1 amide bonds. The minimum Gasteiger partial charge on any atom is -0.481 e. The van der Waals surface area contributed by atoms with Gasteiger partial charge in [-0.05, 0) is 37.7 Å². The van der Waals surface area contributed by atoms with Crippen LogP contribution < -0.4 is 0 Å². The summed E-state index contributed by atoms with van der Waals surface area (Å²) in [6.07, 6.45) is -3.71. The van der Waals surface area contributed by atoms with Gasteiger partial charge in [-0.25, -0.2) is 9.97 Å². The number of hydrogen-bond acceptors (Lipinski definition) is 4. The molecule has 0 spiro atoms. The van der Waals surface area contributed by atoms with Gasteiger partial charge >= 0.3 is 12.1 Å². The van der Waals surface area contributed by atoms with Crippen LogP contribution in [0, 0.1) is 24.7 Å². The maximum atomic E-state index is 12.8. The van der Waals surface area contributed by atoms with Crippen molar-refractivity contribution in [1.29, 1.82) is 0 Å². The van der Waals surface area contributed by atoms with Crippen molar-refractivity contribution in [2.75, 3.05) is 13.1 Å². The van der Waals surface area contributed by atoms with Crippen molar-refractivity contribution < 1.29 is 27.9 Å². The lowest BCUT2D eigenvalue weighted by Crippen LogP contribution is -2.32. The van der Waals surface area contributed by atoms with E-state index in [9.17, 15) is 22.8 Å². The quantitative estimate of drug-likeness (QED) is 0.888. The van der Waals surface area contributed by atoms with Crippen molar-refractivity contribution >= 4 is 11.9 Å². The molecule has 1 aliphatic carbocycles. The zero-order chi connectivity index (χ0) is 17.6. The molecule has 9 heteroatoms. The second-order valence-electron chi connectivity index (χ2n) is 6.45. The normalized spacial score (nSPS) is 26.5. The third kappa shape index (κ3) is 3.07. The average molecular weight is 343 g/mol. The number of likely N-dealkylation sites (tertiary alicyclic amines) is 1. The molecule has 1 saturated heterocycles. The molecule has 1 aliphatic heterocycles. The number of alkyl halides is 3. The van der Waals surface area contributed by atoms with Gasteiger partial charge in [-0.1, -0.05) is 0 Å². The van der Waals surface area contributed by atoms with Crippen LogP contribution in [0.5, 0.6) is 0 Å². The van der Waals surface area contributed by atoms with Crippen LogP contribution in [0.3, 0.4) is 0 Å². The number of carbonyl (C=O) groups is 2. The van der Waals surface area contributed by atoms with Crippen LogP contribution in [0.15, 0.2) is 6.07 Å². The first-order valence-electron chi connectivity index (χ1n) is 7.60. The molecule has 3 rings (SSSR count). The number of amides is 1. The van der Waals surface area contributed by atoms with Crippen LogP contribution in [0.4, 0.5) is 13.2 Å². The van der Waals surface area contributed by atoms with Crippen LogP contribution >= 0.6 is 0 Å². The first-order valence-corrected chi connectivity index (χ1v) is 7.60. The first kappa shape index (κ1) is 16.7. The van der Waals surface area contributed by atoms with E-state index in [2.05, 4.69) is 9.97 Å². The minimum atomic E-state index is -4.71. The van der Waals surface area contributed by atoms with Crippen LogP contribution in [-0.4, -0.2) is 44.9 Å². The number of aliphatic carboxylic acids is 1. The molecule has 6 nitrogen and oxygen atoms in total. The van der Waals surface area contributed by atoms with Crippen LogP contribution in [0.2, 0.25) is 0 Å². The molecule has 1 unspecified atom stereocenters. The average Bonchev–Trinajstić information content (AvgIpc) is 3.03. The number of carboxylic acids is 1. The molecular weight excluding hydrogens is 327 g/mol. The summed E-state index contributed by atoms with van der Waals surface area (Å²) in [5, 5.41) is 9.05. The molecule has 3 atom stereocenters. The monoisotopic (exact) mass is 343 g/mol. The van der Waals surface area contributed by atoms with Gasteiger partial charge in [0.15, 0.2) is 0 Å². The van der Waals surface area contributed by atoms with E-state index in [-0.39, 0.29) is 23.2 Å². The highest BCUT2D eigenvalue weighted by molar-refractivity contribution is 5.92. The topological polar surface area (TPSA) is 83.4 Å². The van der Waals surface area contributed by atoms with E-state index < -0.39 is 29.8 Å². The zero-order valence-electron chi connectivity index (χ0n) is 12.9. The lowest BCUT2D eigenvalue weighted by atomic mass is 10.0. The second kappa shape index (κ2) is 5.71. The summed E-state index contributed by atoms with van der Waals surface area (Å²) in [6, 6.07) is 1.24. The highest BCUT2D eigenvalue weighted by Crippen LogP contribution is 2.42. The summed E-state index contributed by atoms with van der Waals surface area (Å²) in [5.74, 6) is -2.94. The van der Waals surface area contributed by atoms with E-state index in [0.29, 0.717) is 25.9 Å². The lowest BCUT2D eigenvalue weighted by Gasteiger charge is -2.18. The highest BCUT2D eigenvalue weighted by Gasteiger charge is 2.45. The number of halogens is 3. The Balaban J connectivity index is 1.75. The molecule has 0 radical (unpaired) electrons. The molecule has 0 aromatic carbocycles. The van der Waals surface area contributed by atoms with Gasteiger partial charge in [0.2, 0.25) is 5.82 Å². The maximum absolute atomic E-state index is 12.8. The smallest absolute Gasteiger partial charge is 0.451 e. The zero-order valence-corrected chi connectivity index (χ0v) is 12.9. The number of fused-ring (bicyclic) bond motifs is 1. The van der Waals surface area contributed by atoms with E-state index in [4.69, 9.17) is 5.11 Å². The fourth-order valence-corrected chi connectivity index (χ4v) is 3.63. The molecule has 1 aromatic rings. The van der Waals surface area contributed by atoms with Gasteiger partial charge in [0.1, 0.15) is 5.69 Å². The molecular formula is C15H16F3N3O3. The second-order valence-corrected chi connectivity index (χ2v) is 6.45. The molecule has 1 N–H and O–H groups in total. The Bertz CT molecular complexity index is 678. The Labute approximate surface area is 135 Å². The predicted molar refractivity (Wildman–Crippen MR) is 75.0 cm³/mol. The number of aryl methyl sites for hydroxylation is 1. The molecule has 130 valence electrons. The fraction of sp³-hybridized carbons (Fsp3) is 0.600. The van der Waals surface area contributed by atoms with E-state index in [0.717, 1.165) is 0 Å². The van der Waals surface area contributed by atoms with Crippen molar-refractivity contribution in [3.63, 3.8) is 0 Å². The first-order chi connectivity index (χ1) is 11.1. The van der Waals surface area contributed by atoms with Crippen LogP contribution in [0.1, 0.15) is 34.8 Å². The van der Waals surface area contributed by atoms with Crippen molar-refractivity contribution in [1.82, 2.24) is 14.9 Å². The van der Waals surface area contributed by atoms with Gasteiger partial charge in [-0.3, -0.25) is 9.59 Å². The number of carbonyl (C=O) groups excluding carboxylic acids is 1. The third-order valence-electron chi connectivity index (χ3n) is 4.71. The maximum Gasteiger partial charge on any atom is 0.451 e. The summed E-state index contributed by atoms with van der Waals surface area (Å²) in [4.78, 5) is 31.7. The molecule has 2 aliphatic rings. The molecule has 1 saturated carbocycles. The van der Waals surface area contributed by atoms with E-state index in [1.807, 2.05) is 0 Å². The summed E-state index contributed by atoms with van der Waals surface area (Å²) in [7, 11) is 0. The Hall–Kier alpha value is -2.19. The van der Waals surface area contributed by atoms with Gasteiger partial charge in [-0.15, -0.1) is 0 Å². The molecule has 2 heterocycles. The Morgan fingerprint density at radius 3 is 2.29 bits per heavy atom. The van der Waals surface area contributed by atoms with E-state index in [1.165, 1.54) is 17.9 Å². The summed E-state index contributed by atoms with van der Waals surface area (Å²) >= 11 is 0. The van der Waals surface area contributed by atoms with Gasteiger partial charge in [-0.2, -0.15) is 13.2 Å². The fourth-order valence-electron chi connectivity index (χ4n) is 3.63.